The highest BCUT2D eigenvalue weighted by atomic mass is 35.5. The fourth-order valence-electron chi connectivity index (χ4n) is 1.59. The van der Waals surface area contributed by atoms with E-state index < -0.39 is 11.9 Å². The second-order valence-electron chi connectivity index (χ2n) is 3.84. The van der Waals surface area contributed by atoms with E-state index in [2.05, 4.69) is 10.1 Å². The smallest absolute Gasteiger partial charge is 0.339 e. The zero-order valence-corrected chi connectivity index (χ0v) is 12.0. The number of halogens is 1. The molecule has 1 aromatic carbocycles. The Kier molecular flexibility index (Phi) is 4.26. The number of nitrogen functional groups attached to an aromatic ring is 1. The third-order valence-electron chi connectivity index (χ3n) is 2.54. The molecule has 2 rings (SSSR count). The predicted octanol–water partition coefficient (Wildman–Crippen LogP) is 3.02. The van der Waals surface area contributed by atoms with E-state index in [4.69, 9.17) is 17.3 Å². The van der Waals surface area contributed by atoms with Crippen LogP contribution in [0.2, 0.25) is 5.02 Å². The first-order valence-corrected chi connectivity index (χ1v) is 6.81. The van der Waals surface area contributed by atoms with Crippen LogP contribution in [0.15, 0.2) is 29.6 Å². The fraction of sp³-hybridized carbons (Fsp3) is 0.0769. The van der Waals surface area contributed by atoms with E-state index in [1.54, 1.807) is 17.5 Å². The molecule has 0 bridgehead atoms. The lowest BCUT2D eigenvalue weighted by molar-refractivity contribution is 0.0602. The van der Waals surface area contributed by atoms with E-state index in [1.807, 2.05) is 0 Å². The van der Waals surface area contributed by atoms with E-state index in [9.17, 15) is 9.59 Å². The summed E-state index contributed by atoms with van der Waals surface area (Å²) in [5.74, 6) is -0.957. The zero-order chi connectivity index (χ0) is 14.7. The molecule has 0 aliphatic heterocycles. The highest BCUT2D eigenvalue weighted by Gasteiger charge is 2.17. The van der Waals surface area contributed by atoms with E-state index in [0.717, 1.165) is 0 Å². The number of hydrogen-bond donors (Lipinski definition) is 2. The predicted molar refractivity (Wildman–Crippen MR) is 79.5 cm³/mol. The number of nitrogens with two attached hydrogens (primary N) is 1. The molecule has 2 aromatic rings. The van der Waals surface area contributed by atoms with Crippen molar-refractivity contribution in [2.24, 2.45) is 0 Å². The molecule has 1 amide bonds. The van der Waals surface area contributed by atoms with Crippen LogP contribution in [0.3, 0.4) is 0 Å². The number of thiophene rings is 1. The van der Waals surface area contributed by atoms with Crippen LogP contribution in [0.4, 0.5) is 11.4 Å². The van der Waals surface area contributed by atoms with Crippen molar-refractivity contribution in [3.63, 3.8) is 0 Å². The van der Waals surface area contributed by atoms with Crippen LogP contribution < -0.4 is 11.1 Å². The summed E-state index contributed by atoms with van der Waals surface area (Å²) in [6, 6.07) is 6.15. The third-order valence-corrected chi connectivity index (χ3v) is 3.70. The number of methoxy groups -OCH3 is 1. The van der Waals surface area contributed by atoms with Gasteiger partial charge in [-0.05, 0) is 29.6 Å². The number of rotatable bonds is 3. The Hall–Kier alpha value is -2.05. The lowest BCUT2D eigenvalue weighted by atomic mass is 10.1. The first-order valence-electron chi connectivity index (χ1n) is 5.55. The molecule has 20 heavy (non-hydrogen) atoms. The van der Waals surface area contributed by atoms with Gasteiger partial charge in [0.25, 0.3) is 5.91 Å². The normalized spacial score (nSPS) is 10.1. The summed E-state index contributed by atoms with van der Waals surface area (Å²) in [6.07, 6.45) is 0. The average molecular weight is 311 g/mol. The summed E-state index contributed by atoms with van der Waals surface area (Å²) < 4.78 is 4.66. The maximum atomic E-state index is 12.1. The Morgan fingerprint density at radius 1 is 1.35 bits per heavy atom. The first kappa shape index (κ1) is 14.4. The SMILES string of the molecule is COC(=O)c1ccc(Cl)cc1NC(=O)c1sccc1N. The second kappa shape index (κ2) is 5.94. The van der Waals surface area contributed by atoms with Gasteiger partial charge in [-0.1, -0.05) is 11.6 Å². The molecule has 0 aliphatic rings. The lowest BCUT2D eigenvalue weighted by Gasteiger charge is -2.10. The van der Waals surface area contributed by atoms with Crippen molar-refractivity contribution in [3.05, 3.63) is 45.1 Å². The number of nitrogens with one attached hydrogen (secondary N) is 1. The largest absolute Gasteiger partial charge is 0.465 e. The summed E-state index contributed by atoms with van der Waals surface area (Å²) in [5, 5.41) is 4.72. The molecule has 0 fully saturated rings. The topological polar surface area (TPSA) is 81.4 Å². The number of anilines is 2. The van der Waals surface area contributed by atoms with E-state index in [1.165, 1.54) is 30.6 Å². The van der Waals surface area contributed by atoms with Crippen LogP contribution in [0.25, 0.3) is 0 Å². The van der Waals surface area contributed by atoms with Gasteiger partial charge in [0.2, 0.25) is 0 Å². The molecule has 104 valence electrons. The van der Waals surface area contributed by atoms with Gasteiger partial charge in [0.05, 0.1) is 24.0 Å². The molecular formula is C13H11ClN2O3S. The fourth-order valence-corrected chi connectivity index (χ4v) is 2.48. The van der Waals surface area contributed by atoms with Crippen LogP contribution in [-0.2, 0) is 4.74 Å². The van der Waals surface area contributed by atoms with Crippen LogP contribution in [0.5, 0.6) is 0 Å². The van der Waals surface area contributed by atoms with E-state index in [-0.39, 0.29) is 11.3 Å². The monoisotopic (exact) mass is 310 g/mol. The number of carbonyl (C=O) groups excluding carboxylic acids is 2. The van der Waals surface area contributed by atoms with Crippen molar-refractivity contribution >= 4 is 46.2 Å². The number of amides is 1. The van der Waals surface area contributed by atoms with E-state index >= 15 is 0 Å². The number of esters is 1. The molecule has 1 aromatic heterocycles. The summed E-state index contributed by atoms with van der Waals surface area (Å²) in [4.78, 5) is 24.1. The van der Waals surface area contributed by atoms with E-state index in [0.29, 0.717) is 15.6 Å². The van der Waals surface area contributed by atoms with Crippen molar-refractivity contribution in [3.8, 4) is 0 Å². The van der Waals surface area contributed by atoms with Gasteiger partial charge in [0, 0.05) is 5.02 Å². The molecule has 0 saturated heterocycles. The summed E-state index contributed by atoms with van der Waals surface area (Å²) in [6.45, 7) is 0. The van der Waals surface area contributed by atoms with Gasteiger partial charge in [-0.2, -0.15) is 0 Å². The van der Waals surface area contributed by atoms with Crippen LogP contribution in [0, 0.1) is 0 Å². The van der Waals surface area contributed by atoms with Gasteiger partial charge in [0.15, 0.2) is 0 Å². The molecule has 3 N–H and O–H groups in total. The first-order chi connectivity index (χ1) is 9.52. The van der Waals surface area contributed by atoms with Crippen LogP contribution in [-0.4, -0.2) is 19.0 Å². The molecular weight excluding hydrogens is 300 g/mol. The molecule has 0 unspecified atom stereocenters. The summed E-state index contributed by atoms with van der Waals surface area (Å²) >= 11 is 7.09. The van der Waals surface area contributed by atoms with Crippen molar-refractivity contribution in [1.82, 2.24) is 0 Å². The molecule has 1 heterocycles. The Bertz CT molecular complexity index is 669. The van der Waals surface area contributed by atoms with Crippen molar-refractivity contribution in [2.75, 3.05) is 18.2 Å². The molecule has 0 aliphatic carbocycles. The average Bonchev–Trinajstić information content (AvgIpc) is 2.84. The number of ether oxygens (including phenoxy) is 1. The standard InChI is InChI=1S/C13H11ClN2O3S/c1-19-13(18)8-3-2-7(14)6-10(8)16-12(17)11-9(15)4-5-20-11/h2-6H,15H2,1H3,(H,16,17). The molecule has 7 heteroatoms. The van der Waals surface area contributed by atoms with Crippen molar-refractivity contribution in [1.29, 1.82) is 0 Å². The second-order valence-corrected chi connectivity index (χ2v) is 5.19. The number of carbonyl (C=O) groups is 2. The minimum atomic E-state index is -0.559. The Morgan fingerprint density at radius 2 is 2.10 bits per heavy atom. The number of benzene rings is 1. The quantitative estimate of drug-likeness (QED) is 0.854. The van der Waals surface area contributed by atoms with Crippen molar-refractivity contribution in [2.45, 2.75) is 0 Å². The minimum Gasteiger partial charge on any atom is -0.465 e. The van der Waals surface area contributed by atoms with Gasteiger partial charge >= 0.3 is 5.97 Å². The van der Waals surface area contributed by atoms with Gasteiger partial charge in [-0.25, -0.2) is 4.79 Å². The highest BCUT2D eigenvalue weighted by Crippen LogP contribution is 2.25. The zero-order valence-electron chi connectivity index (χ0n) is 10.5. The van der Waals surface area contributed by atoms with Crippen LogP contribution >= 0.6 is 22.9 Å². The minimum absolute atomic E-state index is 0.223. The van der Waals surface area contributed by atoms with Gasteiger partial charge in [-0.3, -0.25) is 4.79 Å². The van der Waals surface area contributed by atoms with Gasteiger partial charge < -0.3 is 15.8 Å². The highest BCUT2D eigenvalue weighted by molar-refractivity contribution is 7.12. The Balaban J connectivity index is 2.33. The molecule has 0 atom stereocenters. The Morgan fingerprint density at radius 3 is 2.70 bits per heavy atom. The third kappa shape index (κ3) is 2.92. The lowest BCUT2D eigenvalue weighted by Crippen LogP contribution is -2.15. The van der Waals surface area contributed by atoms with Crippen molar-refractivity contribution < 1.29 is 14.3 Å². The summed E-state index contributed by atoms with van der Waals surface area (Å²) in [5.41, 5.74) is 6.57. The summed E-state index contributed by atoms with van der Waals surface area (Å²) in [7, 11) is 1.26. The molecule has 0 radical (unpaired) electrons. The molecule has 0 saturated carbocycles. The maximum absolute atomic E-state index is 12.1. The van der Waals surface area contributed by atoms with Gasteiger partial charge in [-0.15, -0.1) is 11.3 Å². The molecule has 0 spiro atoms. The van der Waals surface area contributed by atoms with Gasteiger partial charge in [0.1, 0.15) is 4.88 Å². The van der Waals surface area contributed by atoms with Crippen LogP contribution in [0.1, 0.15) is 20.0 Å². The number of hydrogen-bond acceptors (Lipinski definition) is 5. The molecule has 5 nitrogen and oxygen atoms in total. The maximum Gasteiger partial charge on any atom is 0.339 e. The Labute approximate surface area is 124 Å².